The average molecular weight is 377 g/mol. The van der Waals surface area contributed by atoms with Gasteiger partial charge < -0.3 is 0 Å². The minimum absolute atomic E-state index is 0.238. The van der Waals surface area contributed by atoms with Crippen LogP contribution >= 0.6 is 43.6 Å². The van der Waals surface area contributed by atoms with Gasteiger partial charge >= 0.3 is 0 Å². The summed E-state index contributed by atoms with van der Waals surface area (Å²) in [6.07, 6.45) is 1.76. The van der Waals surface area contributed by atoms with Gasteiger partial charge in [0.2, 0.25) is 0 Å². The first-order valence-electron chi connectivity index (χ1n) is 4.84. The second-order valence-corrected chi connectivity index (χ2v) is 6.00. The maximum Gasteiger partial charge on any atom is 0.137 e. The quantitative estimate of drug-likeness (QED) is 0.696. The van der Waals surface area contributed by atoms with E-state index < -0.39 is 0 Å². The fourth-order valence-electron chi connectivity index (χ4n) is 1.26. The second kappa shape index (κ2) is 5.98. The van der Waals surface area contributed by atoms with Crippen molar-refractivity contribution < 1.29 is 4.39 Å². The van der Waals surface area contributed by atoms with Crippen molar-refractivity contribution in [2.75, 3.05) is 0 Å². The van der Waals surface area contributed by atoms with Gasteiger partial charge in [-0.05, 0) is 61.7 Å². The number of thioether (sulfide) groups is 1. The van der Waals surface area contributed by atoms with Crippen LogP contribution in [0.3, 0.4) is 0 Å². The van der Waals surface area contributed by atoms with Crippen LogP contribution in [0.4, 0.5) is 4.39 Å². The first-order valence-corrected chi connectivity index (χ1v) is 7.41. The molecule has 0 aliphatic heterocycles. The molecule has 2 aromatic rings. The van der Waals surface area contributed by atoms with Gasteiger partial charge in [-0.2, -0.15) is 0 Å². The Morgan fingerprint density at radius 3 is 2.71 bits per heavy atom. The SMILES string of the molecule is Fc1ccc(CSc2ncccc2Br)cc1Br. The van der Waals surface area contributed by atoms with Crippen molar-refractivity contribution in [3.05, 3.63) is 56.9 Å². The van der Waals surface area contributed by atoms with Crippen LogP contribution < -0.4 is 0 Å². The molecular weight excluding hydrogens is 369 g/mol. The van der Waals surface area contributed by atoms with E-state index in [2.05, 4.69) is 36.8 Å². The summed E-state index contributed by atoms with van der Waals surface area (Å²) in [6, 6.07) is 8.87. The largest absolute Gasteiger partial charge is 0.249 e. The summed E-state index contributed by atoms with van der Waals surface area (Å²) in [5.41, 5.74) is 1.06. The molecule has 88 valence electrons. The van der Waals surface area contributed by atoms with Crippen molar-refractivity contribution in [2.24, 2.45) is 0 Å². The van der Waals surface area contributed by atoms with Gasteiger partial charge in [0, 0.05) is 16.4 Å². The van der Waals surface area contributed by atoms with Crippen LogP contribution in [0, 0.1) is 5.82 Å². The van der Waals surface area contributed by atoms with E-state index in [4.69, 9.17) is 0 Å². The Bertz CT molecular complexity index is 534. The molecule has 0 amide bonds. The number of pyridine rings is 1. The van der Waals surface area contributed by atoms with Crippen LogP contribution in [0.25, 0.3) is 0 Å². The molecule has 1 nitrogen and oxygen atoms in total. The summed E-state index contributed by atoms with van der Waals surface area (Å²) >= 11 is 8.23. The van der Waals surface area contributed by atoms with Crippen LogP contribution in [0.15, 0.2) is 50.5 Å². The predicted octanol–water partition coefficient (Wildman–Crippen LogP) is 5.04. The third-order valence-electron chi connectivity index (χ3n) is 2.08. The summed E-state index contributed by atoms with van der Waals surface area (Å²) in [6.45, 7) is 0. The molecule has 1 aromatic heterocycles. The molecule has 0 N–H and O–H groups in total. The standard InChI is InChI=1S/C12H8Br2FNS/c13-9-2-1-5-16-12(9)17-7-8-3-4-11(15)10(14)6-8/h1-6H,7H2. The lowest BCUT2D eigenvalue weighted by molar-refractivity contribution is 0.620. The second-order valence-electron chi connectivity index (χ2n) is 3.33. The molecule has 0 aliphatic rings. The highest BCUT2D eigenvalue weighted by atomic mass is 79.9. The van der Waals surface area contributed by atoms with Crippen LogP contribution in [0.2, 0.25) is 0 Å². The number of rotatable bonds is 3. The normalized spacial score (nSPS) is 10.5. The molecule has 1 aromatic carbocycles. The van der Waals surface area contributed by atoms with Crippen LogP contribution in [-0.4, -0.2) is 4.98 Å². The number of hydrogen-bond acceptors (Lipinski definition) is 2. The van der Waals surface area contributed by atoms with Crippen molar-refractivity contribution in [2.45, 2.75) is 10.8 Å². The zero-order valence-corrected chi connectivity index (χ0v) is 12.6. The molecule has 0 atom stereocenters. The Labute approximate surface area is 120 Å². The topological polar surface area (TPSA) is 12.9 Å². The van der Waals surface area contributed by atoms with E-state index in [0.717, 1.165) is 20.8 Å². The molecular formula is C12H8Br2FNS. The van der Waals surface area contributed by atoms with E-state index in [1.165, 1.54) is 6.07 Å². The Morgan fingerprint density at radius 2 is 2.00 bits per heavy atom. The minimum atomic E-state index is -0.238. The smallest absolute Gasteiger partial charge is 0.137 e. The van der Waals surface area contributed by atoms with Crippen molar-refractivity contribution >= 4 is 43.6 Å². The Balaban J connectivity index is 2.08. The van der Waals surface area contributed by atoms with Gasteiger partial charge in [-0.3, -0.25) is 0 Å². The molecule has 1 heterocycles. The molecule has 17 heavy (non-hydrogen) atoms. The summed E-state index contributed by atoms with van der Waals surface area (Å²) in [4.78, 5) is 4.26. The predicted molar refractivity (Wildman–Crippen MR) is 75.6 cm³/mol. The molecule has 0 bridgehead atoms. The van der Waals surface area contributed by atoms with Gasteiger partial charge in [0.05, 0.1) is 4.47 Å². The highest BCUT2D eigenvalue weighted by Crippen LogP contribution is 2.28. The average Bonchev–Trinajstić information content (AvgIpc) is 2.32. The molecule has 0 aliphatic carbocycles. The summed E-state index contributed by atoms with van der Waals surface area (Å²) in [7, 11) is 0. The van der Waals surface area contributed by atoms with E-state index >= 15 is 0 Å². The maximum atomic E-state index is 13.1. The van der Waals surface area contributed by atoms with Gasteiger partial charge in [0.15, 0.2) is 0 Å². The fraction of sp³-hybridized carbons (Fsp3) is 0.0833. The van der Waals surface area contributed by atoms with Crippen molar-refractivity contribution in [1.29, 1.82) is 0 Å². The summed E-state index contributed by atoms with van der Waals surface area (Å²) in [5, 5.41) is 0.938. The summed E-state index contributed by atoms with van der Waals surface area (Å²) < 4.78 is 14.5. The van der Waals surface area contributed by atoms with Crippen molar-refractivity contribution in [3.8, 4) is 0 Å². The number of aromatic nitrogens is 1. The zero-order chi connectivity index (χ0) is 12.3. The zero-order valence-electron chi connectivity index (χ0n) is 8.66. The molecule has 0 unspecified atom stereocenters. The minimum Gasteiger partial charge on any atom is -0.249 e. The lowest BCUT2D eigenvalue weighted by atomic mass is 10.2. The van der Waals surface area contributed by atoms with E-state index in [9.17, 15) is 4.39 Å². The number of halogens is 3. The number of nitrogens with zero attached hydrogens (tertiary/aromatic N) is 1. The molecule has 2 rings (SSSR count). The third kappa shape index (κ3) is 3.53. The first kappa shape index (κ1) is 13.1. The van der Waals surface area contributed by atoms with Crippen molar-refractivity contribution in [3.63, 3.8) is 0 Å². The lowest BCUT2D eigenvalue weighted by Crippen LogP contribution is -1.86. The highest BCUT2D eigenvalue weighted by molar-refractivity contribution is 9.10. The van der Waals surface area contributed by atoms with Gasteiger partial charge in [-0.15, -0.1) is 11.8 Å². The third-order valence-corrected chi connectivity index (χ3v) is 4.67. The maximum absolute atomic E-state index is 13.1. The summed E-state index contributed by atoms with van der Waals surface area (Å²) in [5.74, 6) is 0.520. The fourth-order valence-corrected chi connectivity index (χ4v) is 3.11. The van der Waals surface area contributed by atoms with E-state index in [1.54, 1.807) is 30.1 Å². The highest BCUT2D eigenvalue weighted by Gasteiger charge is 2.04. The molecule has 5 heteroatoms. The van der Waals surface area contributed by atoms with E-state index in [1.807, 2.05) is 12.1 Å². The number of hydrogen-bond donors (Lipinski definition) is 0. The number of benzene rings is 1. The van der Waals surface area contributed by atoms with Crippen LogP contribution in [0.5, 0.6) is 0 Å². The van der Waals surface area contributed by atoms with E-state index in [-0.39, 0.29) is 5.82 Å². The lowest BCUT2D eigenvalue weighted by Gasteiger charge is -2.04. The van der Waals surface area contributed by atoms with Gasteiger partial charge in [-0.1, -0.05) is 6.07 Å². The first-order chi connectivity index (χ1) is 8.16. The van der Waals surface area contributed by atoms with Gasteiger partial charge in [0.25, 0.3) is 0 Å². The Hall–Kier alpha value is -0.390. The Morgan fingerprint density at radius 1 is 1.18 bits per heavy atom. The van der Waals surface area contributed by atoms with Crippen LogP contribution in [0.1, 0.15) is 5.56 Å². The van der Waals surface area contributed by atoms with Gasteiger partial charge in [-0.25, -0.2) is 9.37 Å². The molecule has 0 saturated carbocycles. The monoisotopic (exact) mass is 375 g/mol. The van der Waals surface area contributed by atoms with Crippen LogP contribution in [-0.2, 0) is 5.75 Å². The molecule has 0 saturated heterocycles. The van der Waals surface area contributed by atoms with E-state index in [0.29, 0.717) is 4.47 Å². The molecule has 0 radical (unpaired) electrons. The molecule has 0 fully saturated rings. The molecule has 0 spiro atoms. The van der Waals surface area contributed by atoms with Crippen molar-refractivity contribution in [1.82, 2.24) is 4.98 Å². The Kier molecular flexibility index (Phi) is 4.59. The van der Waals surface area contributed by atoms with Gasteiger partial charge in [0.1, 0.15) is 10.8 Å².